The molecular weight excluding hydrogens is 330 g/mol. The normalized spacial score (nSPS) is 13.6. The van der Waals surface area contributed by atoms with Crippen LogP contribution in [0.15, 0.2) is 34.4 Å². The van der Waals surface area contributed by atoms with Crippen molar-refractivity contribution in [2.45, 2.75) is 23.4 Å². The minimum atomic E-state index is -0.329. The molecule has 2 heterocycles. The van der Waals surface area contributed by atoms with Crippen molar-refractivity contribution in [2.24, 2.45) is 0 Å². The van der Waals surface area contributed by atoms with E-state index in [0.717, 1.165) is 20.4 Å². The van der Waals surface area contributed by atoms with Gasteiger partial charge in [-0.15, -0.1) is 10.2 Å². The van der Waals surface area contributed by atoms with Crippen molar-refractivity contribution < 1.29 is 5.11 Å². The first-order valence-corrected chi connectivity index (χ1v) is 8.53. The quantitative estimate of drug-likeness (QED) is 0.426. The number of hydrogen-bond donors (Lipinski definition) is 2. The maximum Gasteiger partial charge on any atom is 0.174 e. The minimum Gasteiger partial charge on any atom is -0.510 e. The lowest BCUT2D eigenvalue weighted by molar-refractivity contribution is 0.402. The SMILES string of the molecule is Cc1nnc(SC(C)C(O)=C(C#N)c2nc3ccccc3[nH]2)s1. The van der Waals surface area contributed by atoms with Crippen LogP contribution in [0, 0.1) is 18.3 Å². The molecule has 1 aromatic carbocycles. The Morgan fingerprint density at radius 2 is 2.17 bits per heavy atom. The van der Waals surface area contributed by atoms with Crippen molar-refractivity contribution in [2.75, 3.05) is 0 Å². The highest BCUT2D eigenvalue weighted by Crippen LogP contribution is 2.32. The summed E-state index contributed by atoms with van der Waals surface area (Å²) in [5, 5.41) is 28.4. The molecule has 0 saturated carbocycles. The Morgan fingerprint density at radius 3 is 2.83 bits per heavy atom. The summed E-state index contributed by atoms with van der Waals surface area (Å²) in [6.07, 6.45) is 0. The number of nitriles is 1. The first-order chi connectivity index (χ1) is 11.1. The molecule has 6 nitrogen and oxygen atoms in total. The van der Waals surface area contributed by atoms with Crippen molar-refractivity contribution in [1.82, 2.24) is 20.2 Å². The summed E-state index contributed by atoms with van der Waals surface area (Å²) in [7, 11) is 0. The number of aryl methyl sites for hydroxylation is 1. The molecular formula is C15H13N5OS2. The number of fused-ring (bicyclic) bond motifs is 1. The fraction of sp³-hybridized carbons (Fsp3) is 0.200. The number of H-pyrrole nitrogens is 1. The van der Waals surface area contributed by atoms with Crippen molar-refractivity contribution in [3.05, 3.63) is 40.9 Å². The molecule has 0 amide bonds. The van der Waals surface area contributed by atoms with Gasteiger partial charge in [0.05, 0.1) is 16.3 Å². The first kappa shape index (κ1) is 15.5. The summed E-state index contributed by atoms with van der Waals surface area (Å²) in [4.78, 5) is 7.43. The average Bonchev–Trinajstić information content (AvgIpc) is 3.13. The van der Waals surface area contributed by atoms with E-state index < -0.39 is 0 Å². The smallest absolute Gasteiger partial charge is 0.174 e. The minimum absolute atomic E-state index is 0.0237. The van der Waals surface area contributed by atoms with E-state index in [9.17, 15) is 10.4 Å². The zero-order valence-electron chi connectivity index (χ0n) is 12.4. The van der Waals surface area contributed by atoms with Crippen LogP contribution < -0.4 is 0 Å². The molecule has 0 aliphatic heterocycles. The molecule has 3 aromatic rings. The van der Waals surface area contributed by atoms with Gasteiger partial charge >= 0.3 is 0 Å². The van der Waals surface area contributed by atoms with Gasteiger partial charge in [0, 0.05) is 0 Å². The Labute approximate surface area is 140 Å². The van der Waals surface area contributed by atoms with Gasteiger partial charge < -0.3 is 10.1 Å². The molecule has 0 spiro atoms. The second-order valence-corrected chi connectivity index (χ2v) is 7.59. The van der Waals surface area contributed by atoms with Gasteiger partial charge in [-0.25, -0.2) is 4.98 Å². The summed E-state index contributed by atoms with van der Waals surface area (Å²) in [5.74, 6) is 0.344. The summed E-state index contributed by atoms with van der Waals surface area (Å²) >= 11 is 2.82. The number of aliphatic hydroxyl groups is 1. The second kappa shape index (κ2) is 6.40. The van der Waals surface area contributed by atoms with Gasteiger partial charge in [-0.3, -0.25) is 0 Å². The largest absolute Gasteiger partial charge is 0.510 e. The van der Waals surface area contributed by atoms with Crippen LogP contribution in [0.25, 0.3) is 16.6 Å². The number of rotatable bonds is 4. The van der Waals surface area contributed by atoms with E-state index in [1.54, 1.807) is 0 Å². The molecule has 2 aromatic heterocycles. The van der Waals surface area contributed by atoms with Crippen molar-refractivity contribution in [1.29, 1.82) is 5.26 Å². The van der Waals surface area contributed by atoms with Crippen LogP contribution in [0.5, 0.6) is 0 Å². The third kappa shape index (κ3) is 3.21. The van der Waals surface area contributed by atoms with Crippen LogP contribution in [-0.2, 0) is 0 Å². The number of benzene rings is 1. The molecule has 0 fully saturated rings. The number of aromatic nitrogens is 4. The lowest BCUT2D eigenvalue weighted by Gasteiger charge is -2.09. The van der Waals surface area contributed by atoms with Crippen molar-refractivity contribution in [3.8, 4) is 6.07 Å². The van der Waals surface area contributed by atoms with E-state index in [1.165, 1.54) is 23.1 Å². The molecule has 2 N–H and O–H groups in total. The predicted octanol–water partition coefficient (Wildman–Crippen LogP) is 3.70. The molecule has 8 heteroatoms. The van der Waals surface area contributed by atoms with Crippen molar-refractivity contribution >= 4 is 39.7 Å². The van der Waals surface area contributed by atoms with Gasteiger partial charge in [-0.2, -0.15) is 5.26 Å². The number of thioether (sulfide) groups is 1. The molecule has 0 saturated heterocycles. The first-order valence-electron chi connectivity index (χ1n) is 6.83. The Bertz CT molecular complexity index is 888. The highest BCUT2D eigenvalue weighted by molar-refractivity contribution is 8.01. The third-order valence-corrected chi connectivity index (χ3v) is 5.20. The molecule has 0 radical (unpaired) electrons. The number of nitrogens with zero attached hydrogens (tertiary/aromatic N) is 4. The van der Waals surface area contributed by atoms with Crippen molar-refractivity contribution in [3.63, 3.8) is 0 Å². The highest BCUT2D eigenvalue weighted by atomic mass is 32.2. The number of hydrogen-bond acceptors (Lipinski definition) is 7. The summed E-state index contributed by atoms with van der Waals surface area (Å²) < 4.78 is 0.753. The molecule has 1 atom stereocenters. The van der Waals surface area contributed by atoms with Crippen LogP contribution >= 0.6 is 23.1 Å². The topological polar surface area (TPSA) is 98.5 Å². The lowest BCUT2D eigenvalue weighted by atomic mass is 10.2. The van der Waals surface area contributed by atoms with Crippen LogP contribution in [0.3, 0.4) is 0 Å². The van der Waals surface area contributed by atoms with Gasteiger partial charge in [-0.1, -0.05) is 35.2 Å². The van der Waals surface area contributed by atoms with Gasteiger partial charge in [0.2, 0.25) is 0 Å². The Kier molecular flexibility index (Phi) is 4.32. The van der Waals surface area contributed by atoms with E-state index in [2.05, 4.69) is 20.2 Å². The highest BCUT2D eigenvalue weighted by Gasteiger charge is 2.20. The Balaban J connectivity index is 1.93. The van der Waals surface area contributed by atoms with Crippen LogP contribution in [0.2, 0.25) is 0 Å². The molecule has 116 valence electrons. The third-order valence-electron chi connectivity index (χ3n) is 3.16. The molecule has 3 rings (SSSR count). The zero-order valence-corrected chi connectivity index (χ0v) is 14.1. The van der Waals surface area contributed by atoms with Crippen LogP contribution in [-0.4, -0.2) is 30.5 Å². The van der Waals surface area contributed by atoms with E-state index in [4.69, 9.17) is 0 Å². The van der Waals surface area contributed by atoms with Crippen LogP contribution in [0.1, 0.15) is 17.8 Å². The maximum atomic E-state index is 10.5. The van der Waals surface area contributed by atoms with Gasteiger partial charge in [-0.05, 0) is 26.0 Å². The average molecular weight is 343 g/mol. The number of imidazole rings is 1. The molecule has 23 heavy (non-hydrogen) atoms. The number of allylic oxidation sites excluding steroid dienone is 1. The van der Waals surface area contributed by atoms with Gasteiger partial charge in [0.25, 0.3) is 0 Å². The fourth-order valence-electron chi connectivity index (χ4n) is 2.04. The maximum absolute atomic E-state index is 10.5. The lowest BCUT2D eigenvalue weighted by Crippen LogP contribution is -2.04. The number of aliphatic hydroxyl groups excluding tert-OH is 1. The standard InChI is InChI=1S/C15H13N5OS2/c1-8(22-15-20-19-9(2)23-15)13(21)10(7-16)14-17-11-5-3-4-6-12(11)18-14/h3-6,8,21H,1-2H3,(H,17,18). The summed E-state index contributed by atoms with van der Waals surface area (Å²) in [6, 6.07) is 9.53. The number of aromatic amines is 1. The number of para-hydroxylation sites is 2. The summed E-state index contributed by atoms with van der Waals surface area (Å²) in [5.41, 5.74) is 1.72. The monoisotopic (exact) mass is 343 g/mol. The molecule has 0 aliphatic carbocycles. The predicted molar refractivity (Wildman–Crippen MR) is 91.2 cm³/mol. The zero-order chi connectivity index (χ0) is 16.4. The van der Waals surface area contributed by atoms with E-state index in [0.29, 0.717) is 5.82 Å². The molecule has 1 unspecified atom stereocenters. The fourth-order valence-corrected chi connectivity index (χ4v) is 4.06. The van der Waals surface area contributed by atoms with Crippen LogP contribution in [0.4, 0.5) is 0 Å². The van der Waals surface area contributed by atoms with Gasteiger partial charge in [0.1, 0.15) is 22.4 Å². The van der Waals surface area contributed by atoms with E-state index in [1.807, 2.05) is 44.2 Å². The Hall–Kier alpha value is -2.37. The van der Waals surface area contributed by atoms with E-state index >= 15 is 0 Å². The van der Waals surface area contributed by atoms with E-state index in [-0.39, 0.29) is 16.6 Å². The molecule has 0 aliphatic rings. The molecule has 0 bridgehead atoms. The van der Waals surface area contributed by atoms with Gasteiger partial charge in [0.15, 0.2) is 10.2 Å². The number of nitrogens with one attached hydrogen (secondary N) is 1. The Morgan fingerprint density at radius 1 is 1.39 bits per heavy atom. The summed E-state index contributed by atoms with van der Waals surface area (Å²) in [6.45, 7) is 3.69. The second-order valence-electron chi connectivity index (χ2n) is 4.82.